The number of carbonyl (C=O) groups excluding carboxylic acids is 2. The third kappa shape index (κ3) is 5.29. The average molecular weight is 376 g/mol. The molecule has 1 unspecified atom stereocenters. The molecule has 25 heavy (non-hydrogen) atoms. The largest absolute Gasteiger partial charge is 0.425 e. The SMILES string of the molecule is CC(C)(C)NC(=O)OC1SCCN(c2cccc(C(F)(F)F)c2)C1=O. The molecule has 0 saturated carbocycles. The number of thioether (sulfide) groups is 1. The summed E-state index contributed by atoms with van der Waals surface area (Å²) in [5.74, 6) is -0.116. The van der Waals surface area contributed by atoms with Gasteiger partial charge in [-0.15, -0.1) is 11.8 Å². The van der Waals surface area contributed by atoms with E-state index in [-0.39, 0.29) is 12.2 Å². The molecule has 1 aromatic rings. The number of carbonyl (C=O) groups is 2. The Morgan fingerprint density at radius 2 is 2.00 bits per heavy atom. The lowest BCUT2D eigenvalue weighted by atomic mass is 10.1. The van der Waals surface area contributed by atoms with Crippen molar-refractivity contribution in [2.45, 2.75) is 37.9 Å². The van der Waals surface area contributed by atoms with Gasteiger partial charge in [-0.3, -0.25) is 4.79 Å². The van der Waals surface area contributed by atoms with E-state index in [2.05, 4.69) is 5.32 Å². The lowest BCUT2D eigenvalue weighted by molar-refractivity contribution is -0.137. The molecule has 1 aromatic carbocycles. The van der Waals surface area contributed by atoms with E-state index in [1.54, 1.807) is 20.8 Å². The monoisotopic (exact) mass is 376 g/mol. The van der Waals surface area contributed by atoms with Crippen LogP contribution < -0.4 is 10.2 Å². The molecule has 0 aliphatic carbocycles. The molecule has 0 spiro atoms. The number of hydrogen-bond donors (Lipinski definition) is 1. The van der Waals surface area contributed by atoms with Gasteiger partial charge in [-0.05, 0) is 39.0 Å². The van der Waals surface area contributed by atoms with Crippen molar-refractivity contribution in [3.05, 3.63) is 29.8 Å². The first-order valence-electron chi connectivity index (χ1n) is 7.56. The minimum absolute atomic E-state index is 0.130. The summed E-state index contributed by atoms with van der Waals surface area (Å²) in [7, 11) is 0. The van der Waals surface area contributed by atoms with Crippen LogP contribution in [-0.4, -0.2) is 35.3 Å². The Kier molecular flexibility index (Phi) is 5.55. The smallest absolute Gasteiger partial charge is 0.416 e. The summed E-state index contributed by atoms with van der Waals surface area (Å²) in [4.78, 5) is 25.6. The number of anilines is 1. The topological polar surface area (TPSA) is 58.6 Å². The third-order valence-electron chi connectivity index (χ3n) is 3.23. The van der Waals surface area contributed by atoms with E-state index in [0.717, 1.165) is 23.9 Å². The summed E-state index contributed by atoms with van der Waals surface area (Å²) in [5, 5.41) is 2.58. The molecule has 1 N–H and O–H groups in total. The van der Waals surface area contributed by atoms with Crippen LogP contribution in [0.3, 0.4) is 0 Å². The van der Waals surface area contributed by atoms with E-state index >= 15 is 0 Å². The summed E-state index contributed by atoms with van der Waals surface area (Å²) in [6.45, 7) is 5.53. The molecular formula is C16H19F3N2O3S. The maximum atomic E-state index is 12.9. The van der Waals surface area contributed by atoms with Crippen LogP contribution in [0, 0.1) is 0 Å². The highest BCUT2D eigenvalue weighted by molar-refractivity contribution is 8.00. The normalized spacial score (nSPS) is 18.9. The molecule has 5 nitrogen and oxygen atoms in total. The third-order valence-corrected chi connectivity index (χ3v) is 4.25. The van der Waals surface area contributed by atoms with Crippen molar-refractivity contribution < 1.29 is 27.5 Å². The molecule has 1 atom stereocenters. The van der Waals surface area contributed by atoms with Gasteiger partial charge >= 0.3 is 12.3 Å². The summed E-state index contributed by atoms with van der Waals surface area (Å²) >= 11 is 1.14. The van der Waals surface area contributed by atoms with Gasteiger partial charge in [-0.2, -0.15) is 13.2 Å². The van der Waals surface area contributed by atoms with Gasteiger partial charge in [0, 0.05) is 23.5 Å². The van der Waals surface area contributed by atoms with Crippen LogP contribution in [0.25, 0.3) is 0 Å². The van der Waals surface area contributed by atoms with Crippen molar-refractivity contribution in [2.24, 2.45) is 0 Å². The Balaban J connectivity index is 2.13. The van der Waals surface area contributed by atoms with Crippen LogP contribution in [0.1, 0.15) is 26.3 Å². The van der Waals surface area contributed by atoms with Crippen molar-refractivity contribution in [3.63, 3.8) is 0 Å². The lowest BCUT2D eigenvalue weighted by Gasteiger charge is -2.32. The Morgan fingerprint density at radius 1 is 1.32 bits per heavy atom. The predicted octanol–water partition coefficient (Wildman–Crippen LogP) is 3.64. The van der Waals surface area contributed by atoms with Gasteiger partial charge in [-0.25, -0.2) is 4.79 Å². The highest BCUT2D eigenvalue weighted by atomic mass is 32.2. The second-order valence-electron chi connectivity index (χ2n) is 6.52. The minimum atomic E-state index is -4.49. The average Bonchev–Trinajstić information content (AvgIpc) is 2.47. The van der Waals surface area contributed by atoms with Crippen LogP contribution >= 0.6 is 11.8 Å². The molecule has 2 rings (SSSR count). The maximum Gasteiger partial charge on any atom is 0.416 e. The summed E-state index contributed by atoms with van der Waals surface area (Å²) in [6, 6.07) is 4.53. The van der Waals surface area contributed by atoms with Crippen LogP contribution in [0.5, 0.6) is 0 Å². The molecule has 1 saturated heterocycles. The molecular weight excluding hydrogens is 357 g/mol. The number of amides is 2. The molecule has 1 heterocycles. The zero-order valence-electron chi connectivity index (χ0n) is 14.0. The molecule has 1 fully saturated rings. The van der Waals surface area contributed by atoms with Gasteiger partial charge in [0.15, 0.2) is 0 Å². The second-order valence-corrected chi connectivity index (χ2v) is 7.69. The van der Waals surface area contributed by atoms with E-state index in [1.165, 1.54) is 17.0 Å². The highest BCUT2D eigenvalue weighted by Crippen LogP contribution is 2.33. The van der Waals surface area contributed by atoms with Gasteiger partial charge in [0.25, 0.3) is 5.91 Å². The number of nitrogens with one attached hydrogen (secondary N) is 1. The molecule has 138 valence electrons. The molecule has 1 aliphatic rings. The van der Waals surface area contributed by atoms with Crippen molar-refractivity contribution >= 4 is 29.4 Å². The summed E-state index contributed by atoms with van der Waals surface area (Å²) in [5.41, 5.74) is -2.32. The Hall–Kier alpha value is -1.90. The zero-order chi connectivity index (χ0) is 18.8. The number of benzene rings is 1. The first kappa shape index (κ1) is 19.4. The van der Waals surface area contributed by atoms with E-state index in [4.69, 9.17) is 4.74 Å². The van der Waals surface area contributed by atoms with Crippen LogP contribution in [-0.2, 0) is 15.7 Å². The van der Waals surface area contributed by atoms with Crippen LogP contribution in [0.2, 0.25) is 0 Å². The fourth-order valence-corrected chi connectivity index (χ4v) is 3.11. The zero-order valence-corrected chi connectivity index (χ0v) is 14.8. The Bertz CT molecular complexity index is 659. The first-order chi connectivity index (χ1) is 11.5. The van der Waals surface area contributed by atoms with Crippen molar-refractivity contribution in [1.82, 2.24) is 5.32 Å². The molecule has 0 aromatic heterocycles. The highest BCUT2D eigenvalue weighted by Gasteiger charge is 2.36. The van der Waals surface area contributed by atoms with Crippen molar-refractivity contribution in [2.75, 3.05) is 17.2 Å². The molecule has 9 heteroatoms. The molecule has 0 bridgehead atoms. The molecule has 1 aliphatic heterocycles. The number of alkyl carbamates (subject to hydrolysis) is 1. The van der Waals surface area contributed by atoms with E-state index in [0.29, 0.717) is 5.75 Å². The first-order valence-corrected chi connectivity index (χ1v) is 8.61. The van der Waals surface area contributed by atoms with Crippen LogP contribution in [0.4, 0.5) is 23.7 Å². The van der Waals surface area contributed by atoms with Gasteiger partial charge < -0.3 is 15.0 Å². The van der Waals surface area contributed by atoms with Gasteiger partial charge in [0.1, 0.15) is 0 Å². The second kappa shape index (κ2) is 7.15. The van der Waals surface area contributed by atoms with Gasteiger partial charge in [0.05, 0.1) is 5.56 Å². The van der Waals surface area contributed by atoms with Gasteiger partial charge in [0.2, 0.25) is 5.44 Å². The van der Waals surface area contributed by atoms with E-state index in [1.807, 2.05) is 0 Å². The molecule has 0 radical (unpaired) electrons. The minimum Gasteiger partial charge on any atom is -0.425 e. The quantitative estimate of drug-likeness (QED) is 0.856. The number of rotatable bonds is 2. The number of nitrogens with zero attached hydrogens (tertiary/aromatic N) is 1. The maximum absolute atomic E-state index is 12.9. The number of alkyl halides is 3. The Morgan fingerprint density at radius 3 is 2.60 bits per heavy atom. The summed E-state index contributed by atoms with van der Waals surface area (Å²) < 4.78 is 43.7. The molecule has 2 amide bonds. The van der Waals surface area contributed by atoms with E-state index in [9.17, 15) is 22.8 Å². The fourth-order valence-electron chi connectivity index (χ4n) is 2.18. The van der Waals surface area contributed by atoms with Crippen molar-refractivity contribution in [1.29, 1.82) is 0 Å². The predicted molar refractivity (Wildman–Crippen MR) is 89.4 cm³/mol. The van der Waals surface area contributed by atoms with E-state index < -0.39 is 34.7 Å². The number of hydrogen-bond acceptors (Lipinski definition) is 4. The van der Waals surface area contributed by atoms with Gasteiger partial charge in [-0.1, -0.05) is 6.07 Å². The summed E-state index contributed by atoms with van der Waals surface area (Å²) in [6.07, 6.45) is -5.24. The standard InChI is InChI=1S/C16H19F3N2O3S/c1-15(2,3)20-14(23)24-13-12(22)21(7-8-25-13)11-6-4-5-10(9-11)16(17,18)19/h4-6,9,13H,7-8H2,1-3H3,(H,20,23). The van der Waals surface area contributed by atoms with Crippen LogP contribution in [0.15, 0.2) is 24.3 Å². The fraction of sp³-hybridized carbons (Fsp3) is 0.500. The Labute approximate surface area is 147 Å². The van der Waals surface area contributed by atoms with Crippen molar-refractivity contribution in [3.8, 4) is 0 Å². The number of halogens is 3. The number of ether oxygens (including phenoxy) is 1. The lowest BCUT2D eigenvalue weighted by Crippen LogP contribution is -2.48.